The van der Waals surface area contributed by atoms with E-state index < -0.39 is 0 Å². The molecular weight excluding hydrogens is 416 g/mol. The summed E-state index contributed by atoms with van der Waals surface area (Å²) in [6, 6.07) is 14.6. The molecule has 5 rings (SSSR count). The Balaban J connectivity index is 1.49. The van der Waals surface area contributed by atoms with Crippen LogP contribution in [0.2, 0.25) is 0 Å². The first-order valence-corrected chi connectivity index (χ1v) is 12.0. The number of amides is 1. The number of ether oxygens (including phenoxy) is 3. The first kappa shape index (κ1) is 21.8. The average Bonchev–Trinajstić information content (AvgIpc) is 3.48. The minimum Gasteiger partial charge on any atom is -0.493 e. The van der Waals surface area contributed by atoms with Crippen LogP contribution < -0.4 is 9.47 Å². The van der Waals surface area contributed by atoms with E-state index in [4.69, 9.17) is 14.2 Å². The highest BCUT2D eigenvalue weighted by Crippen LogP contribution is 2.31. The Labute approximate surface area is 194 Å². The summed E-state index contributed by atoms with van der Waals surface area (Å²) in [5, 5.41) is 1.24. The average molecular weight is 449 g/mol. The molecule has 1 N–H and O–H groups in total. The molecule has 0 aliphatic carbocycles. The number of aromatic amines is 1. The highest BCUT2D eigenvalue weighted by molar-refractivity contribution is 5.85. The number of benzene rings is 2. The Morgan fingerprint density at radius 3 is 2.88 bits per heavy atom. The van der Waals surface area contributed by atoms with Crippen molar-refractivity contribution >= 4 is 16.8 Å². The van der Waals surface area contributed by atoms with Gasteiger partial charge in [0.25, 0.3) is 0 Å². The van der Waals surface area contributed by atoms with Gasteiger partial charge >= 0.3 is 0 Å². The van der Waals surface area contributed by atoms with E-state index in [1.807, 2.05) is 6.07 Å². The molecule has 1 saturated heterocycles. The third-order valence-corrected chi connectivity index (χ3v) is 6.81. The number of H-pyrrole nitrogens is 1. The van der Waals surface area contributed by atoms with E-state index in [0.717, 1.165) is 62.2 Å². The molecule has 1 amide bonds. The first-order valence-electron chi connectivity index (χ1n) is 12.0. The molecule has 3 aromatic rings. The summed E-state index contributed by atoms with van der Waals surface area (Å²) in [4.78, 5) is 18.9. The number of rotatable bonds is 2. The molecule has 6 nitrogen and oxygen atoms in total. The van der Waals surface area contributed by atoms with Gasteiger partial charge in [-0.1, -0.05) is 24.3 Å². The van der Waals surface area contributed by atoms with E-state index in [-0.39, 0.29) is 11.8 Å². The highest BCUT2D eigenvalue weighted by Gasteiger charge is 2.28. The van der Waals surface area contributed by atoms with Gasteiger partial charge in [0.05, 0.1) is 26.2 Å². The number of aromatic nitrogens is 1. The van der Waals surface area contributed by atoms with Crippen LogP contribution in [0.4, 0.5) is 0 Å². The summed E-state index contributed by atoms with van der Waals surface area (Å²) >= 11 is 0. The largest absolute Gasteiger partial charge is 0.493 e. The number of nitrogens with one attached hydrogen (secondary N) is 1. The smallest absolute Gasteiger partial charge is 0.228 e. The van der Waals surface area contributed by atoms with Crippen molar-refractivity contribution < 1.29 is 19.0 Å². The van der Waals surface area contributed by atoms with Crippen LogP contribution in [0.1, 0.15) is 36.1 Å². The molecule has 174 valence electrons. The van der Waals surface area contributed by atoms with E-state index in [1.54, 1.807) is 7.11 Å². The molecule has 2 aromatic carbocycles. The third kappa shape index (κ3) is 4.71. The zero-order valence-electron chi connectivity index (χ0n) is 19.3. The molecule has 0 radical (unpaired) electrons. The van der Waals surface area contributed by atoms with Crippen LogP contribution in [0.25, 0.3) is 10.9 Å². The molecule has 1 aromatic heterocycles. The molecule has 2 aliphatic rings. The van der Waals surface area contributed by atoms with Gasteiger partial charge in [0.1, 0.15) is 0 Å². The van der Waals surface area contributed by atoms with Crippen molar-refractivity contribution in [2.45, 2.75) is 32.1 Å². The Hall–Kier alpha value is -2.99. The lowest BCUT2D eigenvalue weighted by Crippen LogP contribution is -2.38. The van der Waals surface area contributed by atoms with Crippen LogP contribution in [0, 0.1) is 5.92 Å². The minimum absolute atomic E-state index is 0.00774. The molecule has 1 unspecified atom stereocenters. The van der Waals surface area contributed by atoms with E-state index >= 15 is 0 Å². The summed E-state index contributed by atoms with van der Waals surface area (Å²) < 4.78 is 17.1. The molecule has 1 fully saturated rings. The van der Waals surface area contributed by atoms with Gasteiger partial charge < -0.3 is 24.1 Å². The fraction of sp³-hybridized carbons (Fsp3) is 0.444. The summed E-state index contributed by atoms with van der Waals surface area (Å²) in [5.41, 5.74) is 4.80. The maximum atomic E-state index is 13.3. The van der Waals surface area contributed by atoms with Crippen molar-refractivity contribution in [2.24, 2.45) is 5.92 Å². The Bertz CT molecular complexity index is 1120. The predicted molar refractivity (Wildman–Crippen MR) is 128 cm³/mol. The first-order chi connectivity index (χ1) is 16.2. The van der Waals surface area contributed by atoms with Gasteiger partial charge in [0, 0.05) is 42.7 Å². The number of hydrogen-bond acceptors (Lipinski definition) is 4. The normalized spacial score (nSPS) is 19.5. The third-order valence-electron chi connectivity index (χ3n) is 6.81. The van der Waals surface area contributed by atoms with Crippen molar-refractivity contribution in [3.05, 3.63) is 59.3 Å². The number of nitrogens with zero attached hydrogens (tertiary/aromatic N) is 1. The summed E-state index contributed by atoms with van der Waals surface area (Å²) in [5.74, 6) is 1.75. The fourth-order valence-electron chi connectivity index (χ4n) is 4.99. The summed E-state index contributed by atoms with van der Waals surface area (Å²) in [6.07, 6.45) is 4.22. The van der Waals surface area contributed by atoms with Gasteiger partial charge in [-0.2, -0.15) is 0 Å². The second-order valence-electron chi connectivity index (χ2n) is 8.98. The Morgan fingerprint density at radius 1 is 1.12 bits per heavy atom. The summed E-state index contributed by atoms with van der Waals surface area (Å²) in [7, 11) is 1.67. The van der Waals surface area contributed by atoms with Crippen molar-refractivity contribution in [1.29, 1.82) is 0 Å². The van der Waals surface area contributed by atoms with E-state index in [0.29, 0.717) is 19.8 Å². The molecule has 33 heavy (non-hydrogen) atoms. The minimum atomic E-state index is -0.00774. The number of methoxy groups -OCH3 is 1. The van der Waals surface area contributed by atoms with Gasteiger partial charge in [-0.3, -0.25) is 4.79 Å². The number of fused-ring (bicyclic) bond motifs is 5. The lowest BCUT2D eigenvalue weighted by atomic mass is 10.0. The SMILES string of the molecule is COc1ccc2cc1OCCCCN(C(=O)C1CCOC1)CCc1c([nH]c3ccccc13)C2. The topological polar surface area (TPSA) is 63.8 Å². The van der Waals surface area contributed by atoms with Crippen molar-refractivity contribution in [1.82, 2.24) is 9.88 Å². The van der Waals surface area contributed by atoms with Gasteiger partial charge in [0.15, 0.2) is 11.5 Å². The zero-order valence-corrected chi connectivity index (χ0v) is 19.3. The standard InChI is InChI=1S/C27H32N2O4/c1-31-25-9-8-19-16-24-22(21-6-2-3-7-23(21)28-24)10-13-29(27(30)20-11-15-32-18-20)12-4-5-14-33-26(25)17-19/h2-3,6-9,17,20,28H,4-5,10-16,18H2,1H3. The van der Waals surface area contributed by atoms with Crippen LogP contribution >= 0.6 is 0 Å². The van der Waals surface area contributed by atoms with Crippen molar-refractivity contribution in [2.75, 3.05) is 40.0 Å². The summed E-state index contributed by atoms with van der Waals surface area (Å²) in [6.45, 7) is 3.30. The lowest BCUT2D eigenvalue weighted by molar-refractivity contribution is -0.135. The lowest BCUT2D eigenvalue weighted by Gasteiger charge is -2.26. The molecular formula is C27H32N2O4. The van der Waals surface area contributed by atoms with E-state index in [9.17, 15) is 4.79 Å². The molecule has 2 bridgehead atoms. The number of carbonyl (C=O) groups is 1. The number of para-hydroxylation sites is 1. The van der Waals surface area contributed by atoms with Crippen LogP contribution in [0.3, 0.4) is 0 Å². The Kier molecular flexibility index (Phi) is 6.53. The van der Waals surface area contributed by atoms with Crippen LogP contribution in [0.5, 0.6) is 11.5 Å². The molecule has 3 heterocycles. The van der Waals surface area contributed by atoms with Gasteiger partial charge in [-0.15, -0.1) is 0 Å². The van der Waals surface area contributed by atoms with Crippen molar-refractivity contribution in [3.8, 4) is 11.5 Å². The van der Waals surface area contributed by atoms with E-state index in [2.05, 4.69) is 46.3 Å². The van der Waals surface area contributed by atoms with Gasteiger partial charge in [-0.05, 0) is 55.0 Å². The van der Waals surface area contributed by atoms with E-state index in [1.165, 1.54) is 22.2 Å². The maximum Gasteiger partial charge on any atom is 0.228 e. The van der Waals surface area contributed by atoms with Gasteiger partial charge in [0.2, 0.25) is 5.91 Å². The maximum absolute atomic E-state index is 13.3. The highest BCUT2D eigenvalue weighted by atomic mass is 16.5. The molecule has 0 spiro atoms. The zero-order chi connectivity index (χ0) is 22.6. The monoisotopic (exact) mass is 448 g/mol. The second kappa shape index (κ2) is 9.87. The van der Waals surface area contributed by atoms with Crippen LogP contribution in [-0.2, 0) is 22.4 Å². The quantitative estimate of drug-likeness (QED) is 0.633. The second-order valence-corrected chi connectivity index (χ2v) is 8.98. The predicted octanol–water partition coefficient (Wildman–Crippen LogP) is 4.35. The fourth-order valence-corrected chi connectivity index (χ4v) is 4.99. The Morgan fingerprint density at radius 2 is 2.03 bits per heavy atom. The number of carbonyl (C=O) groups excluding carboxylic acids is 1. The van der Waals surface area contributed by atoms with Crippen molar-refractivity contribution in [3.63, 3.8) is 0 Å². The molecule has 1 atom stereocenters. The van der Waals surface area contributed by atoms with Crippen LogP contribution in [-0.4, -0.2) is 55.8 Å². The number of hydrogen-bond donors (Lipinski definition) is 1. The molecule has 0 saturated carbocycles. The molecule has 6 heteroatoms. The van der Waals surface area contributed by atoms with Gasteiger partial charge in [-0.25, -0.2) is 0 Å². The molecule has 2 aliphatic heterocycles. The van der Waals surface area contributed by atoms with Crippen LogP contribution in [0.15, 0.2) is 42.5 Å².